The first kappa shape index (κ1) is 19.6. The Hall–Kier alpha value is -3.15. The molecule has 1 unspecified atom stereocenters. The van der Waals surface area contributed by atoms with Gasteiger partial charge in [-0.2, -0.15) is 4.99 Å². The zero-order valence-corrected chi connectivity index (χ0v) is 16.9. The monoisotopic (exact) mass is 379 g/mol. The second kappa shape index (κ2) is 7.46. The molecule has 0 radical (unpaired) electrons. The summed E-state index contributed by atoms with van der Waals surface area (Å²) in [6, 6.07) is 10.9. The fourth-order valence-corrected chi connectivity index (χ4v) is 3.91. The first-order valence-corrected chi connectivity index (χ1v) is 9.23. The first-order valence-electron chi connectivity index (χ1n) is 9.23. The van der Waals surface area contributed by atoms with Crippen molar-refractivity contribution >= 4 is 29.2 Å². The van der Waals surface area contributed by atoms with Gasteiger partial charge in [-0.15, -0.1) is 0 Å². The van der Waals surface area contributed by atoms with Gasteiger partial charge < -0.3 is 10.0 Å². The van der Waals surface area contributed by atoms with E-state index in [-0.39, 0.29) is 12.5 Å². The number of nitrogens with zero attached hydrogens (tertiary/aromatic N) is 3. The Balaban J connectivity index is 2.28. The lowest BCUT2D eigenvalue weighted by atomic mass is 10.1. The van der Waals surface area contributed by atoms with Gasteiger partial charge in [0.05, 0.1) is 12.2 Å². The predicted octanol–water partition coefficient (Wildman–Crippen LogP) is 3.60. The van der Waals surface area contributed by atoms with Gasteiger partial charge in [0, 0.05) is 12.6 Å². The van der Waals surface area contributed by atoms with Gasteiger partial charge in [-0.25, -0.2) is 4.79 Å². The van der Waals surface area contributed by atoms with Crippen LogP contribution in [-0.4, -0.2) is 35.5 Å². The summed E-state index contributed by atoms with van der Waals surface area (Å²) >= 11 is 0. The number of para-hydroxylation sites is 2. The number of carboxylic acid groups (broad SMARTS) is 1. The third-order valence-electron chi connectivity index (χ3n) is 5.06. The molecule has 1 saturated heterocycles. The number of aryl methyl sites for hydroxylation is 4. The highest BCUT2D eigenvalue weighted by Gasteiger charge is 2.43. The second-order valence-corrected chi connectivity index (χ2v) is 7.25. The summed E-state index contributed by atoms with van der Waals surface area (Å²) in [5.41, 5.74) is 5.55. The van der Waals surface area contributed by atoms with Crippen molar-refractivity contribution in [3.63, 3.8) is 0 Å². The summed E-state index contributed by atoms with van der Waals surface area (Å²) in [5.74, 6) is -0.962. The molecule has 0 bridgehead atoms. The van der Waals surface area contributed by atoms with Crippen LogP contribution in [0.1, 0.15) is 29.2 Å². The Bertz CT molecular complexity index is 940. The van der Waals surface area contributed by atoms with Crippen molar-refractivity contribution < 1.29 is 14.7 Å². The van der Waals surface area contributed by atoms with E-state index in [1.165, 1.54) is 6.92 Å². The molecule has 1 N–H and O–H groups in total. The molecule has 146 valence electrons. The van der Waals surface area contributed by atoms with E-state index in [4.69, 9.17) is 0 Å². The lowest BCUT2D eigenvalue weighted by Crippen LogP contribution is -2.41. The second-order valence-electron chi connectivity index (χ2n) is 7.25. The highest BCUT2D eigenvalue weighted by molar-refractivity contribution is 6.17. The molecule has 1 amide bonds. The average Bonchev–Trinajstić information content (AvgIpc) is 2.93. The number of benzene rings is 2. The molecule has 0 aromatic heterocycles. The summed E-state index contributed by atoms with van der Waals surface area (Å²) in [6.45, 7) is 9.42. The summed E-state index contributed by atoms with van der Waals surface area (Å²) < 4.78 is 0. The maximum absolute atomic E-state index is 12.2. The average molecular weight is 379 g/mol. The summed E-state index contributed by atoms with van der Waals surface area (Å²) in [5, 5.41) is 9.97. The quantitative estimate of drug-likeness (QED) is 0.882. The number of carbonyl (C=O) groups is 2. The minimum atomic E-state index is -0.951. The minimum absolute atomic E-state index is 0.209. The van der Waals surface area contributed by atoms with E-state index in [1.807, 2.05) is 69.0 Å². The van der Waals surface area contributed by atoms with E-state index in [9.17, 15) is 14.7 Å². The zero-order chi connectivity index (χ0) is 20.6. The highest BCUT2D eigenvalue weighted by Crippen LogP contribution is 2.36. The Morgan fingerprint density at radius 1 is 0.929 bits per heavy atom. The van der Waals surface area contributed by atoms with Crippen LogP contribution in [0.25, 0.3) is 0 Å². The van der Waals surface area contributed by atoms with E-state index in [0.717, 1.165) is 33.6 Å². The smallest absolute Gasteiger partial charge is 0.328 e. The van der Waals surface area contributed by atoms with Gasteiger partial charge in [0.25, 0.3) is 0 Å². The van der Waals surface area contributed by atoms with Crippen LogP contribution < -0.4 is 9.80 Å². The third-order valence-corrected chi connectivity index (χ3v) is 5.06. The van der Waals surface area contributed by atoms with Crippen molar-refractivity contribution in [1.82, 2.24) is 0 Å². The maximum Gasteiger partial charge on any atom is 0.328 e. The molecule has 6 nitrogen and oxygen atoms in total. The number of aliphatic carboxylic acids is 1. The van der Waals surface area contributed by atoms with Crippen LogP contribution in [0.3, 0.4) is 0 Å². The molecule has 1 fully saturated rings. The predicted molar refractivity (Wildman–Crippen MR) is 111 cm³/mol. The summed E-state index contributed by atoms with van der Waals surface area (Å²) in [4.78, 5) is 32.0. The van der Waals surface area contributed by atoms with E-state index in [2.05, 4.69) is 4.99 Å². The molecule has 2 aromatic carbocycles. The van der Waals surface area contributed by atoms with Crippen molar-refractivity contribution in [2.45, 2.75) is 40.7 Å². The van der Waals surface area contributed by atoms with Crippen molar-refractivity contribution in [2.24, 2.45) is 4.99 Å². The number of hydrogen-bond acceptors (Lipinski definition) is 2. The Labute approximate surface area is 165 Å². The third kappa shape index (κ3) is 3.38. The lowest BCUT2D eigenvalue weighted by Gasteiger charge is -2.28. The number of carboxylic acids is 1. The topological polar surface area (TPSA) is 73.2 Å². The Morgan fingerprint density at radius 3 is 1.82 bits per heavy atom. The van der Waals surface area contributed by atoms with Gasteiger partial charge in [0.1, 0.15) is 0 Å². The molecule has 3 rings (SSSR count). The number of anilines is 2. The van der Waals surface area contributed by atoms with Crippen LogP contribution in [0.15, 0.2) is 41.4 Å². The van der Waals surface area contributed by atoms with Crippen molar-refractivity contribution in [2.75, 3.05) is 16.3 Å². The van der Waals surface area contributed by atoms with Crippen LogP contribution in [-0.2, 0) is 9.59 Å². The molecule has 2 aromatic rings. The van der Waals surface area contributed by atoms with Crippen LogP contribution >= 0.6 is 0 Å². The summed E-state index contributed by atoms with van der Waals surface area (Å²) in [7, 11) is 0. The van der Waals surface area contributed by atoms with E-state index >= 15 is 0 Å². The van der Waals surface area contributed by atoms with Gasteiger partial charge in [-0.05, 0) is 49.9 Å². The van der Waals surface area contributed by atoms with E-state index in [0.29, 0.717) is 5.96 Å². The molecule has 6 heteroatoms. The maximum atomic E-state index is 12.2. The lowest BCUT2D eigenvalue weighted by molar-refractivity contribution is -0.137. The largest absolute Gasteiger partial charge is 0.480 e. The van der Waals surface area contributed by atoms with Gasteiger partial charge in [0.15, 0.2) is 6.04 Å². The van der Waals surface area contributed by atoms with Gasteiger partial charge in [-0.3, -0.25) is 9.69 Å². The minimum Gasteiger partial charge on any atom is -0.480 e. The Morgan fingerprint density at radius 2 is 1.39 bits per heavy atom. The van der Waals surface area contributed by atoms with Gasteiger partial charge in [-0.1, -0.05) is 36.4 Å². The fraction of sp³-hybridized carbons (Fsp3) is 0.318. The standard InChI is InChI=1S/C22H25N3O3/c1-13-8-6-9-14(2)19(13)24-12-18(21(27)28)25(22(24)23-17(5)26)20-15(3)10-7-11-16(20)4/h6-11,18H,12H2,1-5H3,(H,27,28). The van der Waals surface area contributed by atoms with Crippen LogP contribution in [0, 0.1) is 27.7 Å². The van der Waals surface area contributed by atoms with Gasteiger partial charge >= 0.3 is 5.97 Å². The number of guanidine groups is 1. The first-order chi connectivity index (χ1) is 13.2. The number of carbonyl (C=O) groups excluding carboxylic acids is 1. The molecule has 1 aliphatic heterocycles. The van der Waals surface area contributed by atoms with Crippen molar-refractivity contribution in [3.8, 4) is 0 Å². The fourth-order valence-electron chi connectivity index (χ4n) is 3.91. The Kier molecular flexibility index (Phi) is 5.23. The molecular weight excluding hydrogens is 354 g/mol. The van der Waals surface area contributed by atoms with Crippen LogP contribution in [0.4, 0.5) is 11.4 Å². The number of hydrogen-bond donors (Lipinski definition) is 1. The van der Waals surface area contributed by atoms with Gasteiger partial charge in [0.2, 0.25) is 11.9 Å². The normalized spacial score (nSPS) is 18.0. The molecule has 0 saturated carbocycles. The molecule has 28 heavy (non-hydrogen) atoms. The number of amides is 1. The molecule has 1 atom stereocenters. The zero-order valence-electron chi connectivity index (χ0n) is 16.9. The number of aliphatic imine (C=N–C) groups is 1. The molecule has 1 aliphatic rings. The van der Waals surface area contributed by atoms with Crippen LogP contribution in [0.2, 0.25) is 0 Å². The molecule has 0 spiro atoms. The van der Waals surface area contributed by atoms with Crippen LogP contribution in [0.5, 0.6) is 0 Å². The van der Waals surface area contributed by atoms with E-state index < -0.39 is 12.0 Å². The van der Waals surface area contributed by atoms with Crippen molar-refractivity contribution in [3.05, 3.63) is 58.7 Å². The molecule has 0 aliphatic carbocycles. The molecular formula is C22H25N3O3. The highest BCUT2D eigenvalue weighted by atomic mass is 16.4. The van der Waals surface area contributed by atoms with Crippen molar-refractivity contribution in [1.29, 1.82) is 0 Å². The molecule has 1 heterocycles. The van der Waals surface area contributed by atoms with E-state index in [1.54, 1.807) is 4.90 Å². The SMILES string of the molecule is CC(=O)N=C1N(c2c(C)cccc2C)CC(C(=O)O)N1c1c(C)cccc1C. The summed E-state index contributed by atoms with van der Waals surface area (Å²) in [6.07, 6.45) is 0. The number of rotatable bonds is 3.